The summed E-state index contributed by atoms with van der Waals surface area (Å²) >= 11 is 0. The van der Waals surface area contributed by atoms with Gasteiger partial charge in [0, 0.05) is 33.6 Å². The third kappa shape index (κ3) is 5.10. The van der Waals surface area contributed by atoms with Crippen LogP contribution in [0.4, 0.5) is 0 Å². The van der Waals surface area contributed by atoms with Crippen molar-refractivity contribution in [3.63, 3.8) is 0 Å². The minimum Gasteiger partial charge on any atom is -0.258 e. The Morgan fingerprint density at radius 2 is 0.848 bits per heavy atom. The van der Waals surface area contributed by atoms with Gasteiger partial charge in [-0.2, -0.15) is 0 Å². The number of aryl methyl sites for hydroxylation is 2. The maximum atomic E-state index is 5.08. The molecule has 0 aliphatic rings. The molecule has 8 rings (SSSR count). The van der Waals surface area contributed by atoms with Crippen molar-refractivity contribution >= 4 is 21.5 Å². The molecule has 0 spiro atoms. The molecule has 218 valence electrons. The van der Waals surface area contributed by atoms with Gasteiger partial charge in [0.1, 0.15) is 0 Å². The van der Waals surface area contributed by atoms with Crippen LogP contribution in [0.2, 0.25) is 0 Å². The molecule has 0 amide bonds. The van der Waals surface area contributed by atoms with Gasteiger partial charge < -0.3 is 0 Å². The lowest BCUT2D eigenvalue weighted by molar-refractivity contribution is 1.07. The topological polar surface area (TPSA) is 51.6 Å². The van der Waals surface area contributed by atoms with Crippen LogP contribution in [-0.4, -0.2) is 19.9 Å². The van der Waals surface area contributed by atoms with Gasteiger partial charge >= 0.3 is 0 Å². The van der Waals surface area contributed by atoms with Crippen LogP contribution in [0, 0.1) is 13.8 Å². The third-order valence-electron chi connectivity index (χ3n) is 8.51. The van der Waals surface area contributed by atoms with E-state index in [9.17, 15) is 0 Å². The Morgan fingerprint density at radius 3 is 1.48 bits per heavy atom. The molecule has 2 heterocycles. The lowest BCUT2D eigenvalue weighted by atomic mass is 9.90. The molecule has 0 saturated carbocycles. The highest BCUT2D eigenvalue weighted by atomic mass is 15.0. The van der Waals surface area contributed by atoms with E-state index >= 15 is 0 Å². The maximum Gasteiger partial charge on any atom is 0.164 e. The highest BCUT2D eigenvalue weighted by molar-refractivity contribution is 6.14. The summed E-state index contributed by atoms with van der Waals surface area (Å²) in [5.41, 5.74) is 9.19. The molecule has 0 saturated heterocycles. The maximum absolute atomic E-state index is 5.08. The summed E-state index contributed by atoms with van der Waals surface area (Å²) in [6.45, 7) is 4.10. The summed E-state index contributed by atoms with van der Waals surface area (Å²) in [6.07, 6.45) is 0. The van der Waals surface area contributed by atoms with E-state index in [1.54, 1.807) is 0 Å². The van der Waals surface area contributed by atoms with Gasteiger partial charge in [-0.1, -0.05) is 115 Å². The summed E-state index contributed by atoms with van der Waals surface area (Å²) in [7, 11) is 0. The normalized spacial score (nSPS) is 11.3. The molecule has 2 aromatic heterocycles. The first-order valence-corrected chi connectivity index (χ1v) is 15.5. The first-order chi connectivity index (χ1) is 22.6. The zero-order chi connectivity index (χ0) is 31.0. The lowest BCUT2D eigenvalue weighted by Crippen LogP contribution is -2.01. The average molecular weight is 591 g/mol. The fourth-order valence-electron chi connectivity index (χ4n) is 6.29. The first-order valence-electron chi connectivity index (χ1n) is 15.5. The van der Waals surface area contributed by atoms with Crippen molar-refractivity contribution < 1.29 is 0 Å². The molecule has 0 bridgehead atoms. The van der Waals surface area contributed by atoms with Crippen LogP contribution in [0.25, 0.3) is 78.0 Å². The van der Waals surface area contributed by atoms with Crippen LogP contribution in [0.1, 0.15) is 11.4 Å². The van der Waals surface area contributed by atoms with Crippen LogP contribution >= 0.6 is 0 Å². The van der Waals surface area contributed by atoms with Crippen LogP contribution in [0.3, 0.4) is 0 Å². The third-order valence-corrected chi connectivity index (χ3v) is 8.51. The molecule has 0 N–H and O–H groups in total. The standard InChI is InChI=1S/C42H30N4/c1-27-21-22-35(28(2)43-27)32-23-33(39-26-31-17-9-10-18-36(31)37-19-11-12-20-38(37)39)25-34(24-32)42-45-40(29-13-5-3-6-14-29)44-41(46-42)30-15-7-4-8-16-30/h3-26H,1-2H3. The SMILES string of the molecule is Cc1ccc(-c2cc(-c3nc(-c4ccccc4)nc(-c4ccccc4)n3)cc(-c3cc4ccccc4c4ccccc34)c2)c(C)n1. The number of benzene rings is 6. The lowest BCUT2D eigenvalue weighted by Gasteiger charge is -2.15. The van der Waals surface area contributed by atoms with Crippen molar-refractivity contribution in [1.82, 2.24) is 19.9 Å². The molecule has 0 fully saturated rings. The predicted octanol–water partition coefficient (Wildman–Crippen LogP) is 10.5. The minimum atomic E-state index is 0.624. The van der Waals surface area contributed by atoms with Gasteiger partial charge in [-0.05, 0) is 82.4 Å². The van der Waals surface area contributed by atoms with Crippen molar-refractivity contribution in [2.24, 2.45) is 0 Å². The van der Waals surface area contributed by atoms with Crippen LogP contribution < -0.4 is 0 Å². The minimum absolute atomic E-state index is 0.624. The highest BCUT2D eigenvalue weighted by Gasteiger charge is 2.17. The fraction of sp³-hybridized carbons (Fsp3) is 0.0476. The predicted molar refractivity (Wildman–Crippen MR) is 189 cm³/mol. The van der Waals surface area contributed by atoms with Crippen LogP contribution in [0.15, 0.2) is 146 Å². The van der Waals surface area contributed by atoms with Crippen LogP contribution in [0.5, 0.6) is 0 Å². The van der Waals surface area contributed by atoms with E-state index in [1.807, 2.05) is 67.6 Å². The summed E-state index contributed by atoms with van der Waals surface area (Å²) in [5, 5.41) is 4.88. The zero-order valence-electron chi connectivity index (χ0n) is 25.6. The van der Waals surface area contributed by atoms with Gasteiger partial charge in [-0.25, -0.2) is 15.0 Å². The van der Waals surface area contributed by atoms with E-state index in [4.69, 9.17) is 19.9 Å². The molecule has 0 aliphatic carbocycles. The van der Waals surface area contributed by atoms with E-state index in [1.165, 1.54) is 21.5 Å². The molecular formula is C42H30N4. The second kappa shape index (κ2) is 11.5. The smallest absolute Gasteiger partial charge is 0.164 e. The average Bonchev–Trinajstić information content (AvgIpc) is 3.11. The molecular weight excluding hydrogens is 560 g/mol. The number of nitrogens with zero attached hydrogens (tertiary/aromatic N) is 4. The summed E-state index contributed by atoms with van der Waals surface area (Å²) in [4.78, 5) is 19.9. The van der Waals surface area contributed by atoms with Crippen molar-refractivity contribution in [2.45, 2.75) is 13.8 Å². The molecule has 4 nitrogen and oxygen atoms in total. The highest BCUT2D eigenvalue weighted by Crippen LogP contribution is 2.39. The Labute approximate surface area is 268 Å². The Morgan fingerprint density at radius 1 is 0.348 bits per heavy atom. The summed E-state index contributed by atoms with van der Waals surface area (Å²) in [5.74, 6) is 1.90. The molecule has 0 radical (unpaired) electrons. The Bertz CT molecular complexity index is 2320. The van der Waals surface area contributed by atoms with E-state index in [0.29, 0.717) is 17.5 Å². The van der Waals surface area contributed by atoms with Crippen LogP contribution in [-0.2, 0) is 0 Å². The van der Waals surface area contributed by atoms with E-state index < -0.39 is 0 Å². The van der Waals surface area contributed by atoms with Gasteiger partial charge in [-0.15, -0.1) is 0 Å². The number of pyridine rings is 1. The number of aromatic nitrogens is 4. The second-order valence-corrected chi connectivity index (χ2v) is 11.6. The monoisotopic (exact) mass is 590 g/mol. The van der Waals surface area contributed by atoms with E-state index in [-0.39, 0.29) is 0 Å². The van der Waals surface area contributed by atoms with E-state index in [0.717, 1.165) is 50.3 Å². The Hall–Kier alpha value is -6.00. The first kappa shape index (κ1) is 27.5. The zero-order valence-corrected chi connectivity index (χ0v) is 25.6. The summed E-state index contributed by atoms with van der Waals surface area (Å²) < 4.78 is 0. The largest absolute Gasteiger partial charge is 0.258 e. The second-order valence-electron chi connectivity index (χ2n) is 11.6. The number of hydrogen-bond donors (Lipinski definition) is 0. The summed E-state index contributed by atoms with van der Waals surface area (Å²) in [6, 6.07) is 50.7. The molecule has 0 aliphatic heterocycles. The molecule has 46 heavy (non-hydrogen) atoms. The molecule has 0 atom stereocenters. The van der Waals surface area contributed by atoms with Gasteiger partial charge in [-0.3, -0.25) is 4.98 Å². The van der Waals surface area contributed by atoms with Crippen molar-refractivity contribution in [2.75, 3.05) is 0 Å². The number of fused-ring (bicyclic) bond motifs is 3. The Balaban J connectivity index is 1.42. The fourth-order valence-corrected chi connectivity index (χ4v) is 6.29. The molecule has 6 aromatic carbocycles. The van der Waals surface area contributed by atoms with Gasteiger partial charge in [0.05, 0.1) is 0 Å². The Kier molecular flexibility index (Phi) is 6.88. The van der Waals surface area contributed by atoms with Crippen molar-refractivity contribution in [1.29, 1.82) is 0 Å². The molecule has 4 heteroatoms. The van der Waals surface area contributed by atoms with Gasteiger partial charge in [0.25, 0.3) is 0 Å². The van der Waals surface area contributed by atoms with Gasteiger partial charge in [0.15, 0.2) is 17.5 Å². The van der Waals surface area contributed by atoms with Crippen molar-refractivity contribution in [3.8, 4) is 56.4 Å². The van der Waals surface area contributed by atoms with Crippen molar-refractivity contribution in [3.05, 3.63) is 157 Å². The molecule has 0 unspecified atom stereocenters. The number of hydrogen-bond acceptors (Lipinski definition) is 4. The number of rotatable bonds is 5. The molecule has 8 aromatic rings. The van der Waals surface area contributed by atoms with E-state index in [2.05, 4.69) is 91.9 Å². The van der Waals surface area contributed by atoms with Gasteiger partial charge in [0.2, 0.25) is 0 Å². The quantitative estimate of drug-likeness (QED) is 0.187.